The molecule has 0 atom stereocenters. The first-order valence-electron chi connectivity index (χ1n) is 16.8. The topological polar surface area (TPSA) is 108 Å². The number of aromatic nitrogens is 3. The molecule has 3 aromatic carbocycles. The van der Waals surface area contributed by atoms with E-state index in [1.54, 1.807) is 25.1 Å². The van der Waals surface area contributed by atoms with Crippen LogP contribution in [0.3, 0.4) is 0 Å². The van der Waals surface area contributed by atoms with Crippen molar-refractivity contribution < 1.29 is 17.9 Å². The maximum absolute atomic E-state index is 13.3. The number of allylic oxidation sites excluding steroid dienone is 2. The Balaban J connectivity index is 1.51. The predicted octanol–water partition coefficient (Wildman–Crippen LogP) is 8.47. The molecular formula is C40H44ClN5O4S. The van der Waals surface area contributed by atoms with Gasteiger partial charge in [0.05, 0.1) is 17.8 Å². The molecule has 11 heteroatoms. The summed E-state index contributed by atoms with van der Waals surface area (Å²) in [5.41, 5.74) is 10.6. The minimum atomic E-state index is -4.21. The van der Waals surface area contributed by atoms with E-state index >= 15 is 0 Å². The van der Waals surface area contributed by atoms with Gasteiger partial charge < -0.3 is 9.30 Å². The molecular weight excluding hydrogens is 682 g/mol. The van der Waals surface area contributed by atoms with Crippen molar-refractivity contribution >= 4 is 44.6 Å². The highest BCUT2D eigenvalue weighted by molar-refractivity contribution is 7.93. The van der Waals surface area contributed by atoms with Gasteiger partial charge in [-0.3, -0.25) is 9.48 Å². The van der Waals surface area contributed by atoms with Crippen LogP contribution in [0.15, 0.2) is 83.3 Å². The number of sulfonamides is 1. The molecule has 0 aliphatic rings. The fourth-order valence-corrected chi connectivity index (χ4v) is 7.66. The van der Waals surface area contributed by atoms with Crippen molar-refractivity contribution in [3.8, 4) is 16.9 Å². The fourth-order valence-electron chi connectivity index (χ4n) is 6.57. The van der Waals surface area contributed by atoms with Crippen LogP contribution < -0.4 is 9.46 Å². The third kappa shape index (κ3) is 7.87. The maximum Gasteiger partial charge on any atom is 0.281 e. The number of benzene rings is 3. The minimum Gasteiger partial charge on any atom is -0.494 e. The lowest BCUT2D eigenvalue weighted by Gasteiger charge is -2.14. The van der Waals surface area contributed by atoms with E-state index in [4.69, 9.17) is 21.4 Å². The van der Waals surface area contributed by atoms with Crippen LogP contribution in [0.2, 0.25) is 5.02 Å². The van der Waals surface area contributed by atoms with E-state index in [0.717, 1.165) is 79.4 Å². The molecule has 0 aliphatic carbocycles. The number of hydrogen-bond acceptors (Lipinski definition) is 6. The van der Waals surface area contributed by atoms with Crippen molar-refractivity contribution in [2.24, 2.45) is 12.0 Å². The molecule has 0 saturated carbocycles. The molecule has 51 heavy (non-hydrogen) atoms. The Morgan fingerprint density at radius 2 is 1.75 bits per heavy atom. The molecule has 1 amide bonds. The molecule has 5 aromatic rings. The van der Waals surface area contributed by atoms with Crippen molar-refractivity contribution in [1.29, 1.82) is 0 Å². The smallest absolute Gasteiger partial charge is 0.281 e. The predicted molar refractivity (Wildman–Crippen MR) is 207 cm³/mol. The number of nitrogens with zero attached hydrogens (tertiary/aromatic N) is 4. The number of fused-ring (bicyclic) bond motifs is 1. The summed E-state index contributed by atoms with van der Waals surface area (Å²) < 4.78 is 38.4. The van der Waals surface area contributed by atoms with E-state index in [1.165, 1.54) is 23.9 Å². The van der Waals surface area contributed by atoms with Crippen LogP contribution in [-0.4, -0.2) is 41.5 Å². The second-order valence-corrected chi connectivity index (χ2v) is 14.6. The molecule has 9 nitrogen and oxygen atoms in total. The lowest BCUT2D eigenvalue weighted by molar-refractivity contribution is 0.0981. The molecule has 0 bridgehead atoms. The first-order valence-corrected chi connectivity index (χ1v) is 18.6. The number of carbonyl (C=O) groups is 1. The van der Waals surface area contributed by atoms with Crippen LogP contribution in [0, 0.1) is 34.6 Å². The standard InChI is InChI=1S/C40H44ClN5O4S/c1-9-14-36(42-10-2)51(48,49)44-40(47)31-16-11-15-30(23-31)24-46-28(6)33(19-13-20-50-32-21-25(3)38(41)26(4)22-32)34-17-12-18-35(39(34)46)37-27(5)43-45(8)29(37)7/h9-12,14-18,21-23H,1,13,19-20,24H2,2-8H3,(H,44,47)/b36-14+,42-10-. The van der Waals surface area contributed by atoms with E-state index in [-0.39, 0.29) is 10.6 Å². The van der Waals surface area contributed by atoms with E-state index in [1.807, 2.05) is 50.7 Å². The first-order chi connectivity index (χ1) is 24.3. The number of rotatable bonds is 13. The zero-order chi connectivity index (χ0) is 37.0. The summed E-state index contributed by atoms with van der Waals surface area (Å²) >= 11 is 6.37. The molecule has 0 aliphatic heterocycles. The van der Waals surface area contributed by atoms with Gasteiger partial charge in [0.25, 0.3) is 15.9 Å². The monoisotopic (exact) mass is 725 g/mol. The Morgan fingerprint density at radius 1 is 1.04 bits per heavy atom. The normalized spacial score (nSPS) is 12.2. The van der Waals surface area contributed by atoms with Gasteiger partial charge >= 0.3 is 0 Å². The number of amides is 1. The third-order valence-corrected chi connectivity index (χ3v) is 10.9. The highest BCUT2D eigenvalue weighted by atomic mass is 35.5. The number of carbonyl (C=O) groups excluding carboxylic acids is 1. The summed E-state index contributed by atoms with van der Waals surface area (Å²) in [4.78, 5) is 17.1. The van der Waals surface area contributed by atoms with E-state index in [0.29, 0.717) is 13.2 Å². The zero-order valence-electron chi connectivity index (χ0n) is 30.2. The Hall–Kier alpha value is -4.93. The number of aryl methyl sites for hydroxylation is 5. The van der Waals surface area contributed by atoms with Gasteiger partial charge in [0.15, 0.2) is 5.03 Å². The first kappa shape index (κ1) is 37.3. The quantitative estimate of drug-likeness (QED) is 0.0745. The molecule has 0 saturated heterocycles. The van der Waals surface area contributed by atoms with Crippen LogP contribution in [0.25, 0.3) is 22.0 Å². The Morgan fingerprint density at radius 3 is 2.39 bits per heavy atom. The van der Waals surface area contributed by atoms with Crippen LogP contribution >= 0.6 is 11.6 Å². The van der Waals surface area contributed by atoms with Crippen molar-refractivity contribution in [3.63, 3.8) is 0 Å². The zero-order valence-corrected chi connectivity index (χ0v) is 31.7. The second-order valence-electron chi connectivity index (χ2n) is 12.6. The molecule has 1 N–H and O–H groups in total. The summed E-state index contributed by atoms with van der Waals surface area (Å²) in [6, 6.07) is 17.3. The molecule has 0 spiro atoms. The number of para-hydroxylation sites is 1. The van der Waals surface area contributed by atoms with Gasteiger partial charge in [-0.15, -0.1) is 0 Å². The van der Waals surface area contributed by atoms with Crippen molar-refractivity contribution in [2.75, 3.05) is 6.61 Å². The van der Waals surface area contributed by atoms with Crippen LogP contribution in [0.1, 0.15) is 63.0 Å². The Bertz CT molecular complexity index is 2290. The van der Waals surface area contributed by atoms with Crippen LogP contribution in [0.5, 0.6) is 5.75 Å². The highest BCUT2D eigenvalue weighted by Crippen LogP contribution is 2.38. The molecule has 0 unspecified atom stereocenters. The number of halogens is 1. The average Bonchev–Trinajstić information content (AvgIpc) is 3.50. The lowest BCUT2D eigenvalue weighted by Crippen LogP contribution is -2.31. The molecule has 2 heterocycles. The fraction of sp³-hybridized carbons (Fsp3) is 0.275. The molecule has 5 rings (SSSR count). The number of aliphatic imine (C=N–C) groups is 1. The second kappa shape index (κ2) is 15.5. The maximum atomic E-state index is 13.3. The van der Waals surface area contributed by atoms with Gasteiger partial charge in [-0.05, 0) is 107 Å². The largest absolute Gasteiger partial charge is 0.494 e. The lowest BCUT2D eigenvalue weighted by atomic mass is 9.98. The van der Waals surface area contributed by atoms with Crippen molar-refractivity contribution in [2.45, 2.75) is 60.9 Å². The van der Waals surface area contributed by atoms with Crippen LogP contribution in [0.4, 0.5) is 0 Å². The minimum absolute atomic E-state index is 0.216. The van der Waals surface area contributed by atoms with Crippen molar-refractivity contribution in [3.05, 3.63) is 128 Å². The Labute approximate surface area is 305 Å². The summed E-state index contributed by atoms with van der Waals surface area (Å²) in [6.07, 6.45) is 5.47. The number of hydrogen-bond donors (Lipinski definition) is 1. The van der Waals surface area contributed by atoms with E-state index in [9.17, 15) is 13.2 Å². The van der Waals surface area contributed by atoms with E-state index < -0.39 is 15.9 Å². The van der Waals surface area contributed by atoms with E-state index in [2.05, 4.69) is 52.9 Å². The van der Waals surface area contributed by atoms with Crippen LogP contribution in [-0.2, 0) is 30.0 Å². The highest BCUT2D eigenvalue weighted by Gasteiger charge is 2.23. The SMILES string of the molecule is C=C/C=C(\N=C/C)S(=O)(=O)NC(=O)c1cccc(Cn2c(C)c(CCCOc3cc(C)c(Cl)c(C)c3)c3cccc(-c4c(C)nn(C)c4C)c32)c1. The summed E-state index contributed by atoms with van der Waals surface area (Å²) in [7, 11) is -2.26. The number of nitrogens with one attached hydrogen (secondary N) is 1. The average molecular weight is 726 g/mol. The van der Waals surface area contributed by atoms with Crippen molar-refractivity contribution in [1.82, 2.24) is 19.1 Å². The Kier molecular flexibility index (Phi) is 11.4. The molecule has 0 fully saturated rings. The van der Waals surface area contributed by atoms with Gasteiger partial charge in [-0.2, -0.15) is 13.5 Å². The van der Waals surface area contributed by atoms with Gasteiger partial charge in [0, 0.05) is 58.3 Å². The summed E-state index contributed by atoms with van der Waals surface area (Å²) in [6.45, 7) is 16.3. The van der Waals surface area contributed by atoms with Gasteiger partial charge in [-0.25, -0.2) is 9.71 Å². The molecule has 266 valence electrons. The molecule has 0 radical (unpaired) electrons. The van der Waals surface area contributed by atoms with Gasteiger partial charge in [0.1, 0.15) is 5.75 Å². The third-order valence-electron chi connectivity index (χ3n) is 9.05. The summed E-state index contributed by atoms with van der Waals surface area (Å²) in [5.74, 6) is 0.0578. The molecule has 2 aromatic heterocycles. The van der Waals surface area contributed by atoms with Gasteiger partial charge in [0.2, 0.25) is 0 Å². The summed E-state index contributed by atoms with van der Waals surface area (Å²) in [5, 5.41) is 6.31. The van der Waals surface area contributed by atoms with Gasteiger partial charge in [-0.1, -0.05) is 54.6 Å². The number of ether oxygens (including phenoxy) is 1.